The van der Waals surface area contributed by atoms with Gasteiger partial charge in [-0.1, -0.05) is 0 Å². The molecule has 1 aliphatic carbocycles. The molecule has 2 rings (SSSR count). The maximum Gasteiger partial charge on any atom is 0.406 e. The molecule has 0 atom stereocenters. The fourth-order valence-electron chi connectivity index (χ4n) is 1.65. The Morgan fingerprint density at radius 3 is 2.56 bits per heavy atom. The molecule has 0 radical (unpaired) electrons. The molecule has 0 bridgehead atoms. The maximum atomic E-state index is 12.5. The van der Waals surface area contributed by atoms with E-state index in [0.29, 0.717) is 17.7 Å². The lowest BCUT2D eigenvalue weighted by Gasteiger charge is -2.23. The number of hydrogen-bond donors (Lipinski definition) is 0. The first-order chi connectivity index (χ1) is 8.28. The molecule has 1 fully saturated rings. The topological polar surface area (TPSA) is 20.3 Å². The van der Waals surface area contributed by atoms with E-state index in [0.717, 1.165) is 14.2 Å². The highest BCUT2D eigenvalue weighted by Gasteiger charge is 2.41. The van der Waals surface area contributed by atoms with E-state index in [2.05, 4.69) is 15.9 Å². The van der Waals surface area contributed by atoms with Crippen molar-refractivity contribution in [3.05, 3.63) is 20.3 Å². The van der Waals surface area contributed by atoms with Gasteiger partial charge in [0.1, 0.15) is 6.54 Å². The van der Waals surface area contributed by atoms with Crippen molar-refractivity contribution in [2.24, 2.45) is 0 Å². The molecule has 0 spiro atoms. The average Bonchev–Trinajstić information content (AvgIpc) is 3.01. The smallest absolute Gasteiger partial charge is 0.326 e. The van der Waals surface area contributed by atoms with Gasteiger partial charge in [-0.25, -0.2) is 0 Å². The van der Waals surface area contributed by atoms with Crippen LogP contribution < -0.4 is 0 Å². The fourth-order valence-corrected chi connectivity index (χ4v) is 3.14. The van der Waals surface area contributed by atoms with E-state index in [1.54, 1.807) is 6.07 Å². The summed E-state index contributed by atoms with van der Waals surface area (Å²) in [7, 11) is 0. The van der Waals surface area contributed by atoms with Crippen LogP contribution in [0.3, 0.4) is 0 Å². The molecular weight excluding hydrogens is 331 g/mol. The Kier molecular flexibility index (Phi) is 3.73. The highest BCUT2D eigenvalue weighted by molar-refractivity contribution is 9.11. The molecule has 1 saturated carbocycles. The lowest BCUT2D eigenvalue weighted by atomic mass is 10.3. The van der Waals surface area contributed by atoms with Gasteiger partial charge < -0.3 is 4.90 Å². The van der Waals surface area contributed by atoms with Crippen molar-refractivity contribution in [3.63, 3.8) is 0 Å². The Morgan fingerprint density at radius 1 is 1.56 bits per heavy atom. The highest BCUT2D eigenvalue weighted by Crippen LogP contribution is 2.34. The number of rotatable bonds is 3. The van der Waals surface area contributed by atoms with E-state index in [9.17, 15) is 18.0 Å². The largest absolute Gasteiger partial charge is 0.406 e. The van der Waals surface area contributed by atoms with E-state index in [1.165, 1.54) is 11.3 Å². The van der Waals surface area contributed by atoms with Crippen LogP contribution in [0, 0.1) is 6.92 Å². The summed E-state index contributed by atoms with van der Waals surface area (Å²) < 4.78 is 38.1. The van der Waals surface area contributed by atoms with Gasteiger partial charge in [-0.05, 0) is 47.3 Å². The molecule has 1 aliphatic rings. The van der Waals surface area contributed by atoms with Crippen molar-refractivity contribution in [1.29, 1.82) is 0 Å². The van der Waals surface area contributed by atoms with Crippen molar-refractivity contribution in [1.82, 2.24) is 4.90 Å². The van der Waals surface area contributed by atoms with E-state index in [4.69, 9.17) is 0 Å². The normalized spacial score (nSPS) is 15.8. The Labute approximate surface area is 115 Å². The first kappa shape index (κ1) is 13.9. The summed E-state index contributed by atoms with van der Waals surface area (Å²) in [4.78, 5) is 13.4. The van der Waals surface area contributed by atoms with Crippen LogP contribution in [0.15, 0.2) is 9.85 Å². The van der Waals surface area contributed by atoms with E-state index < -0.39 is 18.6 Å². The Balaban J connectivity index is 2.18. The molecule has 1 heterocycles. The minimum absolute atomic E-state index is 0.250. The molecule has 0 aromatic carbocycles. The molecular formula is C11H11BrF3NOS. The fraction of sp³-hybridized carbons (Fsp3) is 0.545. The zero-order chi connectivity index (χ0) is 13.5. The van der Waals surface area contributed by atoms with Crippen LogP contribution in [0.2, 0.25) is 0 Å². The first-order valence-corrected chi connectivity index (χ1v) is 7.02. The number of aryl methyl sites for hydroxylation is 1. The molecule has 7 heteroatoms. The van der Waals surface area contributed by atoms with Gasteiger partial charge in [0.05, 0.1) is 8.66 Å². The number of hydrogen-bond acceptors (Lipinski definition) is 2. The van der Waals surface area contributed by atoms with Crippen molar-refractivity contribution in [3.8, 4) is 0 Å². The van der Waals surface area contributed by atoms with Crippen molar-refractivity contribution in [2.45, 2.75) is 32.0 Å². The summed E-state index contributed by atoms with van der Waals surface area (Å²) in [6, 6.07) is 1.38. The second kappa shape index (κ2) is 4.85. The van der Waals surface area contributed by atoms with Crippen LogP contribution in [-0.4, -0.2) is 29.6 Å². The number of alkyl halides is 3. The lowest BCUT2D eigenvalue weighted by molar-refractivity contribution is -0.141. The molecule has 100 valence electrons. The number of amides is 1. The number of carbonyl (C=O) groups excluding carboxylic acids is 1. The van der Waals surface area contributed by atoms with Crippen LogP contribution in [0.4, 0.5) is 13.2 Å². The predicted molar refractivity (Wildman–Crippen MR) is 66.9 cm³/mol. The van der Waals surface area contributed by atoms with Crippen LogP contribution in [0.1, 0.15) is 28.1 Å². The minimum Gasteiger partial charge on any atom is -0.326 e. The third-order valence-corrected chi connectivity index (χ3v) is 4.79. The number of thiophene rings is 1. The van der Waals surface area contributed by atoms with Gasteiger partial charge in [0.15, 0.2) is 0 Å². The summed E-state index contributed by atoms with van der Waals surface area (Å²) in [5.74, 6) is -0.520. The first-order valence-electron chi connectivity index (χ1n) is 5.41. The van der Waals surface area contributed by atoms with E-state index in [1.807, 2.05) is 6.92 Å². The number of nitrogens with zero attached hydrogens (tertiary/aromatic N) is 1. The van der Waals surface area contributed by atoms with Gasteiger partial charge >= 0.3 is 6.18 Å². The van der Waals surface area contributed by atoms with Crippen LogP contribution in [0.5, 0.6) is 0 Å². The zero-order valence-corrected chi connectivity index (χ0v) is 12.0. The number of halogens is 4. The standard InChI is InChI=1S/C11H11BrF3NOS/c1-6-4-8(18-9(6)12)10(17)16(7-2-3-7)5-11(13,14)15/h4,7H,2-3,5H2,1H3. The molecule has 1 amide bonds. The van der Waals surface area contributed by atoms with Crippen LogP contribution >= 0.6 is 27.3 Å². The summed E-state index contributed by atoms with van der Waals surface area (Å²) >= 11 is 4.45. The average molecular weight is 342 g/mol. The third-order valence-electron chi connectivity index (χ3n) is 2.67. The van der Waals surface area contributed by atoms with Gasteiger partial charge in [0, 0.05) is 6.04 Å². The highest BCUT2D eigenvalue weighted by atomic mass is 79.9. The van der Waals surface area contributed by atoms with E-state index in [-0.39, 0.29) is 6.04 Å². The van der Waals surface area contributed by atoms with Crippen LogP contribution in [-0.2, 0) is 0 Å². The van der Waals surface area contributed by atoms with Crippen LogP contribution in [0.25, 0.3) is 0 Å². The van der Waals surface area contributed by atoms with Crippen molar-refractivity contribution < 1.29 is 18.0 Å². The molecule has 1 aromatic heterocycles. The molecule has 2 nitrogen and oxygen atoms in total. The van der Waals surface area contributed by atoms with Crippen molar-refractivity contribution in [2.75, 3.05) is 6.54 Å². The van der Waals surface area contributed by atoms with Gasteiger partial charge in [0.2, 0.25) is 0 Å². The molecule has 0 N–H and O–H groups in total. The second-order valence-corrected chi connectivity index (χ2v) is 6.72. The minimum atomic E-state index is -4.35. The SMILES string of the molecule is Cc1cc(C(=O)N(CC(F)(F)F)C2CC2)sc1Br. The van der Waals surface area contributed by atoms with Gasteiger partial charge in [-0.3, -0.25) is 4.79 Å². The summed E-state index contributed by atoms with van der Waals surface area (Å²) in [5, 5.41) is 0. The molecule has 0 unspecified atom stereocenters. The molecule has 18 heavy (non-hydrogen) atoms. The monoisotopic (exact) mass is 341 g/mol. The number of carbonyl (C=O) groups is 1. The van der Waals surface area contributed by atoms with Gasteiger partial charge in [-0.2, -0.15) is 13.2 Å². The Morgan fingerprint density at radius 2 is 2.17 bits per heavy atom. The molecule has 0 aliphatic heterocycles. The van der Waals surface area contributed by atoms with E-state index >= 15 is 0 Å². The third kappa shape index (κ3) is 3.26. The Bertz CT molecular complexity index is 448. The van der Waals surface area contributed by atoms with Gasteiger partial charge in [0.25, 0.3) is 5.91 Å². The van der Waals surface area contributed by atoms with Crippen molar-refractivity contribution >= 4 is 33.2 Å². The summed E-state index contributed by atoms with van der Waals surface area (Å²) in [6.07, 6.45) is -3.03. The summed E-state index contributed by atoms with van der Waals surface area (Å²) in [6.45, 7) is 0.646. The predicted octanol–water partition coefficient (Wildman–Crippen LogP) is 3.99. The maximum absolute atomic E-state index is 12.5. The quantitative estimate of drug-likeness (QED) is 0.814. The lowest BCUT2D eigenvalue weighted by Crippen LogP contribution is -2.40. The summed E-state index contributed by atoms with van der Waals surface area (Å²) in [5.41, 5.74) is 0.867. The van der Waals surface area contributed by atoms with Gasteiger partial charge in [-0.15, -0.1) is 11.3 Å². The Hall–Kier alpha value is -0.560. The molecule has 1 aromatic rings. The molecule has 0 saturated heterocycles. The zero-order valence-electron chi connectivity index (χ0n) is 9.55. The second-order valence-electron chi connectivity index (χ2n) is 4.35.